The van der Waals surface area contributed by atoms with Gasteiger partial charge in [0.2, 0.25) is 10.0 Å². The highest BCUT2D eigenvalue weighted by Crippen LogP contribution is 2.27. The van der Waals surface area contributed by atoms with Gasteiger partial charge in [0, 0.05) is 13.1 Å². The maximum atomic E-state index is 12.6. The topological polar surface area (TPSA) is 77.9 Å². The van der Waals surface area contributed by atoms with Gasteiger partial charge in [-0.05, 0) is 44.4 Å². The molecule has 1 N–H and O–H groups in total. The lowest BCUT2D eigenvalue weighted by Gasteiger charge is -2.34. The second-order valence-electron chi connectivity index (χ2n) is 4.97. The van der Waals surface area contributed by atoms with Crippen LogP contribution in [0.2, 0.25) is 0 Å². The Morgan fingerprint density at radius 2 is 2.05 bits per heavy atom. The van der Waals surface area contributed by atoms with Gasteiger partial charge < -0.3 is 10.0 Å². The molecule has 0 radical (unpaired) electrons. The molecule has 0 atom stereocenters. The molecule has 1 aliphatic rings. The van der Waals surface area contributed by atoms with Gasteiger partial charge in [0.15, 0.2) is 0 Å². The monoisotopic (exact) mass is 318 g/mol. The molecule has 2 heterocycles. The third-order valence-electron chi connectivity index (χ3n) is 3.68. The van der Waals surface area contributed by atoms with Crippen molar-refractivity contribution in [2.24, 2.45) is 0 Å². The Morgan fingerprint density at radius 3 is 2.60 bits per heavy atom. The normalized spacial score (nSPS) is 18.6. The fourth-order valence-corrected chi connectivity index (χ4v) is 5.01. The van der Waals surface area contributed by atoms with E-state index < -0.39 is 16.0 Å². The van der Waals surface area contributed by atoms with E-state index in [1.807, 2.05) is 7.05 Å². The number of piperidine rings is 1. The summed E-state index contributed by atoms with van der Waals surface area (Å²) in [5.74, 6) is -1.20. The van der Waals surface area contributed by atoms with Crippen molar-refractivity contribution >= 4 is 27.3 Å². The molecule has 8 heteroatoms. The summed E-state index contributed by atoms with van der Waals surface area (Å²) in [5, 5.41) is 10.6. The van der Waals surface area contributed by atoms with Gasteiger partial charge in [0.1, 0.15) is 9.77 Å². The molecule has 1 fully saturated rings. The Hall–Kier alpha value is -0.960. The SMILES string of the molecule is CN1CCC(N(C)S(=O)(=O)c2ccsc2C(=O)O)CC1. The van der Waals surface area contributed by atoms with E-state index in [1.165, 1.54) is 22.8 Å². The van der Waals surface area contributed by atoms with Crippen LogP contribution in [0, 0.1) is 0 Å². The molecule has 0 bridgehead atoms. The van der Waals surface area contributed by atoms with Crippen LogP contribution in [-0.2, 0) is 10.0 Å². The largest absolute Gasteiger partial charge is 0.477 e. The second kappa shape index (κ2) is 5.80. The third kappa shape index (κ3) is 2.88. The molecule has 1 aromatic rings. The van der Waals surface area contributed by atoms with Gasteiger partial charge in [-0.15, -0.1) is 11.3 Å². The molecule has 0 amide bonds. The van der Waals surface area contributed by atoms with Gasteiger partial charge in [0.05, 0.1) is 0 Å². The average molecular weight is 318 g/mol. The van der Waals surface area contributed by atoms with Crippen molar-refractivity contribution in [2.45, 2.75) is 23.8 Å². The minimum Gasteiger partial charge on any atom is -0.477 e. The van der Waals surface area contributed by atoms with Gasteiger partial charge in [-0.3, -0.25) is 0 Å². The van der Waals surface area contributed by atoms with Gasteiger partial charge in [-0.2, -0.15) is 4.31 Å². The number of hydrogen-bond acceptors (Lipinski definition) is 5. The van der Waals surface area contributed by atoms with Crippen LogP contribution in [-0.4, -0.2) is 61.9 Å². The van der Waals surface area contributed by atoms with Crippen molar-refractivity contribution in [3.63, 3.8) is 0 Å². The van der Waals surface area contributed by atoms with E-state index in [4.69, 9.17) is 5.11 Å². The molecule has 0 saturated carbocycles. The van der Waals surface area contributed by atoms with Crippen molar-refractivity contribution < 1.29 is 18.3 Å². The fourth-order valence-electron chi connectivity index (χ4n) is 2.37. The first-order valence-corrected chi connectivity index (χ1v) is 8.63. The summed E-state index contributed by atoms with van der Waals surface area (Å²) in [6.45, 7) is 1.69. The number of carbonyl (C=O) groups is 1. The highest BCUT2D eigenvalue weighted by Gasteiger charge is 2.33. The first kappa shape index (κ1) is 15.4. The van der Waals surface area contributed by atoms with E-state index in [0.29, 0.717) is 0 Å². The number of rotatable bonds is 4. The molecule has 1 aliphatic heterocycles. The maximum absolute atomic E-state index is 12.6. The number of carboxylic acids is 1. The highest BCUT2D eigenvalue weighted by atomic mass is 32.2. The van der Waals surface area contributed by atoms with E-state index in [-0.39, 0.29) is 15.8 Å². The lowest BCUT2D eigenvalue weighted by molar-refractivity contribution is 0.0698. The smallest absolute Gasteiger partial charge is 0.347 e. The van der Waals surface area contributed by atoms with E-state index in [1.54, 1.807) is 0 Å². The number of likely N-dealkylation sites (tertiary alicyclic amines) is 1. The number of carboxylic acid groups (broad SMARTS) is 1. The molecule has 112 valence electrons. The van der Waals surface area contributed by atoms with E-state index >= 15 is 0 Å². The quantitative estimate of drug-likeness (QED) is 0.901. The van der Waals surface area contributed by atoms with Crippen molar-refractivity contribution in [3.8, 4) is 0 Å². The maximum Gasteiger partial charge on any atom is 0.347 e. The zero-order valence-electron chi connectivity index (χ0n) is 11.4. The fraction of sp³-hybridized carbons (Fsp3) is 0.583. The molecule has 2 rings (SSSR count). The first-order chi connectivity index (χ1) is 9.34. The van der Waals surface area contributed by atoms with Crippen molar-refractivity contribution in [2.75, 3.05) is 27.2 Å². The lowest BCUT2D eigenvalue weighted by Crippen LogP contribution is -2.44. The van der Waals surface area contributed by atoms with Gasteiger partial charge in [-0.25, -0.2) is 13.2 Å². The molecule has 0 aliphatic carbocycles. The first-order valence-electron chi connectivity index (χ1n) is 6.31. The van der Waals surface area contributed by atoms with Gasteiger partial charge in [-0.1, -0.05) is 0 Å². The standard InChI is InChI=1S/C12H18N2O4S2/c1-13-6-3-9(4-7-13)14(2)20(17,18)10-5-8-19-11(10)12(15)16/h5,8-9H,3-4,6-7H2,1-2H3,(H,15,16). The van der Waals surface area contributed by atoms with Crippen molar-refractivity contribution in [1.82, 2.24) is 9.21 Å². The van der Waals surface area contributed by atoms with E-state index in [9.17, 15) is 13.2 Å². The Labute approximate surface area is 122 Å². The van der Waals surface area contributed by atoms with Crippen LogP contribution in [0.5, 0.6) is 0 Å². The number of aromatic carboxylic acids is 1. The predicted octanol–water partition coefficient (Wildman–Crippen LogP) is 1.16. The number of hydrogen-bond donors (Lipinski definition) is 1. The molecule has 1 aromatic heterocycles. The third-order valence-corrected chi connectivity index (χ3v) is 6.67. The van der Waals surface area contributed by atoms with Crippen LogP contribution in [0.25, 0.3) is 0 Å². The van der Waals surface area contributed by atoms with Crippen molar-refractivity contribution in [3.05, 3.63) is 16.3 Å². The Bertz CT molecular complexity index is 588. The minimum atomic E-state index is -3.74. The van der Waals surface area contributed by atoms with Crippen LogP contribution < -0.4 is 0 Å². The van der Waals surface area contributed by atoms with Crippen LogP contribution >= 0.6 is 11.3 Å². The molecular formula is C12H18N2O4S2. The van der Waals surface area contributed by atoms with Gasteiger partial charge >= 0.3 is 5.97 Å². The number of nitrogens with zero attached hydrogens (tertiary/aromatic N) is 2. The minimum absolute atomic E-state index is 0.0715. The number of sulfonamides is 1. The predicted molar refractivity (Wildman–Crippen MR) is 76.7 cm³/mol. The zero-order chi connectivity index (χ0) is 14.9. The zero-order valence-corrected chi connectivity index (χ0v) is 13.1. The molecule has 0 spiro atoms. The molecule has 20 heavy (non-hydrogen) atoms. The van der Waals surface area contributed by atoms with Crippen LogP contribution in [0.4, 0.5) is 0 Å². The summed E-state index contributed by atoms with van der Waals surface area (Å²) in [6, 6.07) is 1.30. The Balaban J connectivity index is 2.25. The summed E-state index contributed by atoms with van der Waals surface area (Å²) < 4.78 is 26.4. The van der Waals surface area contributed by atoms with Crippen LogP contribution in [0.3, 0.4) is 0 Å². The second-order valence-corrected chi connectivity index (χ2v) is 7.86. The molecule has 0 unspecified atom stereocenters. The van der Waals surface area contributed by atoms with Gasteiger partial charge in [0.25, 0.3) is 0 Å². The lowest BCUT2D eigenvalue weighted by atomic mass is 10.1. The summed E-state index contributed by atoms with van der Waals surface area (Å²) in [7, 11) is -0.202. The summed E-state index contributed by atoms with van der Waals surface area (Å²) in [4.78, 5) is 13.0. The Kier molecular flexibility index (Phi) is 4.48. The highest BCUT2D eigenvalue weighted by molar-refractivity contribution is 7.89. The Morgan fingerprint density at radius 1 is 1.45 bits per heavy atom. The summed E-state index contributed by atoms with van der Waals surface area (Å²) >= 11 is 0.935. The molecule has 1 saturated heterocycles. The van der Waals surface area contributed by atoms with Crippen LogP contribution in [0.1, 0.15) is 22.5 Å². The molecule has 6 nitrogen and oxygen atoms in total. The summed E-state index contributed by atoms with van der Waals surface area (Å²) in [6.07, 6.45) is 1.53. The number of thiophene rings is 1. The van der Waals surface area contributed by atoms with Crippen LogP contribution in [0.15, 0.2) is 16.3 Å². The molecule has 0 aromatic carbocycles. The van der Waals surface area contributed by atoms with E-state index in [2.05, 4.69) is 4.90 Å². The van der Waals surface area contributed by atoms with Crippen molar-refractivity contribution in [1.29, 1.82) is 0 Å². The average Bonchev–Trinajstić information content (AvgIpc) is 2.89. The van der Waals surface area contributed by atoms with E-state index in [0.717, 1.165) is 37.3 Å². The molecular weight excluding hydrogens is 300 g/mol. The summed E-state index contributed by atoms with van der Waals surface area (Å²) in [5.41, 5.74) is 0.